The Morgan fingerprint density at radius 1 is 1.03 bits per heavy atom. The van der Waals surface area contributed by atoms with Gasteiger partial charge in [0.2, 0.25) is 6.73 Å². The SMILES string of the molecule is CC[N+](CC)(CC)COC(=O)O[C@H]1CC[C@@]2(C)C(=CCC3C2CC[C@]2(C)C(=O)CCC32)C1.[I-]. The lowest BCUT2D eigenvalue weighted by molar-refractivity contribution is -0.939. The Balaban J connectivity index is 0.00000306. The molecule has 6 heteroatoms. The summed E-state index contributed by atoms with van der Waals surface area (Å²) in [5.41, 5.74) is 1.60. The van der Waals surface area contributed by atoms with Crippen molar-refractivity contribution in [3.63, 3.8) is 0 Å². The Labute approximate surface area is 217 Å². The van der Waals surface area contributed by atoms with Gasteiger partial charge in [0.25, 0.3) is 0 Å². The number of Topliss-reactive ketones (excluding diaryl/α,β-unsaturated/α-hetero) is 1. The first-order valence-electron chi connectivity index (χ1n) is 13.1. The highest BCUT2D eigenvalue weighted by Gasteiger charge is 2.58. The van der Waals surface area contributed by atoms with Gasteiger partial charge in [0.15, 0.2) is 0 Å². The van der Waals surface area contributed by atoms with Gasteiger partial charge in [0.1, 0.15) is 11.9 Å². The van der Waals surface area contributed by atoms with Gasteiger partial charge in [-0.15, -0.1) is 0 Å². The first kappa shape index (κ1) is 27.0. The van der Waals surface area contributed by atoms with Crippen LogP contribution >= 0.6 is 0 Å². The van der Waals surface area contributed by atoms with Crippen LogP contribution < -0.4 is 24.0 Å². The summed E-state index contributed by atoms with van der Waals surface area (Å²) >= 11 is 0. The first-order valence-corrected chi connectivity index (χ1v) is 13.1. The van der Waals surface area contributed by atoms with Crippen LogP contribution in [-0.4, -0.2) is 48.9 Å². The highest BCUT2D eigenvalue weighted by Crippen LogP contribution is 2.64. The number of carbonyl (C=O) groups is 2. The Morgan fingerprint density at radius 2 is 1.67 bits per heavy atom. The lowest BCUT2D eigenvalue weighted by Gasteiger charge is -2.56. The predicted octanol–water partition coefficient (Wildman–Crippen LogP) is 2.88. The number of rotatable bonds is 6. The van der Waals surface area contributed by atoms with Gasteiger partial charge in [-0.05, 0) is 82.5 Å². The largest absolute Gasteiger partial charge is 1.00 e. The van der Waals surface area contributed by atoms with Gasteiger partial charge in [0, 0.05) is 18.3 Å². The van der Waals surface area contributed by atoms with Gasteiger partial charge in [-0.1, -0.05) is 25.5 Å². The fraction of sp³-hybridized carbons (Fsp3) is 0.852. The minimum atomic E-state index is -0.511. The van der Waals surface area contributed by atoms with Crippen LogP contribution in [0.1, 0.15) is 86.0 Å². The molecule has 4 aliphatic rings. The van der Waals surface area contributed by atoms with E-state index >= 15 is 0 Å². The number of ketones is 1. The van der Waals surface area contributed by atoms with Crippen LogP contribution in [0.4, 0.5) is 4.79 Å². The molecule has 4 aliphatic carbocycles. The number of nitrogens with zero attached hydrogens (tertiary/aromatic N) is 1. The van der Waals surface area contributed by atoms with E-state index in [1.807, 2.05) is 0 Å². The molecule has 3 saturated carbocycles. The molecule has 0 radical (unpaired) electrons. The molecule has 0 spiro atoms. The van der Waals surface area contributed by atoms with Crippen molar-refractivity contribution in [2.24, 2.45) is 28.6 Å². The lowest BCUT2D eigenvalue weighted by atomic mass is 9.48. The molecule has 3 fully saturated rings. The standard InChI is InChI=1S/C27H44NO4.HI/c1-6-28(7-2,8-3)18-31-25(30)32-20-13-15-26(4)19(17-20)9-10-21-22-11-12-24(29)27(22,5)16-14-23(21)26;/h9,20-23H,6-8,10-18H2,1-5H3;1H/q+1;/p-1/t20-,21?,22?,23?,26-,27-;/m0./s1. The lowest BCUT2D eigenvalue weighted by Crippen LogP contribution is -3.00. The molecule has 0 aliphatic heterocycles. The Hall–Kier alpha value is -0.630. The van der Waals surface area contributed by atoms with E-state index in [4.69, 9.17) is 9.47 Å². The Bertz CT molecular complexity index is 770. The van der Waals surface area contributed by atoms with Crippen LogP contribution in [0.2, 0.25) is 0 Å². The van der Waals surface area contributed by atoms with Crippen molar-refractivity contribution in [2.45, 2.75) is 92.1 Å². The number of ether oxygens (including phenoxy) is 2. The molecule has 0 saturated heterocycles. The third kappa shape index (κ3) is 4.64. The first-order chi connectivity index (χ1) is 15.2. The van der Waals surface area contributed by atoms with Crippen molar-refractivity contribution in [3.05, 3.63) is 11.6 Å². The molecule has 0 N–H and O–H groups in total. The highest BCUT2D eigenvalue weighted by molar-refractivity contribution is 5.87. The monoisotopic (exact) mass is 573 g/mol. The molecule has 0 heterocycles. The summed E-state index contributed by atoms with van der Waals surface area (Å²) in [5.74, 6) is 2.37. The van der Waals surface area contributed by atoms with Gasteiger partial charge in [-0.2, -0.15) is 0 Å². The Kier molecular flexibility index (Phi) is 8.30. The summed E-state index contributed by atoms with van der Waals surface area (Å²) in [6.07, 6.45) is 9.84. The van der Waals surface area contributed by atoms with E-state index in [9.17, 15) is 9.59 Å². The second-order valence-electron chi connectivity index (χ2n) is 11.5. The molecule has 0 amide bonds. The van der Waals surface area contributed by atoms with Crippen LogP contribution in [0, 0.1) is 28.6 Å². The summed E-state index contributed by atoms with van der Waals surface area (Å²) in [6, 6.07) is 0. The molecule has 0 aromatic heterocycles. The molecule has 0 aromatic rings. The van der Waals surface area contributed by atoms with Crippen LogP contribution in [0.3, 0.4) is 0 Å². The van der Waals surface area contributed by atoms with E-state index < -0.39 is 6.16 Å². The summed E-state index contributed by atoms with van der Waals surface area (Å²) in [5, 5.41) is 0. The second kappa shape index (κ2) is 10.2. The fourth-order valence-corrected chi connectivity index (χ4v) is 7.80. The van der Waals surface area contributed by atoms with Gasteiger partial charge < -0.3 is 33.5 Å². The molecule has 6 atom stereocenters. The molecule has 0 bridgehead atoms. The van der Waals surface area contributed by atoms with E-state index in [0.29, 0.717) is 30.3 Å². The highest BCUT2D eigenvalue weighted by atomic mass is 127. The topological polar surface area (TPSA) is 52.6 Å². The maximum Gasteiger partial charge on any atom is 0.512 e. The summed E-state index contributed by atoms with van der Waals surface area (Å²) in [6.45, 7) is 14.3. The van der Waals surface area contributed by atoms with E-state index in [-0.39, 0.29) is 40.9 Å². The number of allylic oxidation sites excluding steroid dienone is 1. The van der Waals surface area contributed by atoms with Crippen molar-refractivity contribution in [3.8, 4) is 0 Å². The van der Waals surface area contributed by atoms with Gasteiger partial charge in [-0.3, -0.25) is 9.28 Å². The Morgan fingerprint density at radius 3 is 2.33 bits per heavy atom. The number of hydrogen-bond donors (Lipinski definition) is 0. The molecular weight excluding hydrogens is 529 g/mol. The number of carbonyl (C=O) groups excluding carboxylic acids is 2. The number of hydrogen-bond acceptors (Lipinski definition) is 4. The third-order valence-corrected chi connectivity index (χ3v) is 10.5. The third-order valence-electron chi connectivity index (χ3n) is 10.5. The average molecular weight is 574 g/mol. The van der Waals surface area contributed by atoms with E-state index in [1.165, 1.54) is 5.57 Å². The van der Waals surface area contributed by atoms with E-state index in [1.54, 1.807) is 0 Å². The number of halogens is 1. The zero-order valence-corrected chi connectivity index (χ0v) is 23.5. The van der Waals surface area contributed by atoms with Crippen molar-refractivity contribution >= 4 is 11.9 Å². The van der Waals surface area contributed by atoms with Crippen molar-refractivity contribution in [1.29, 1.82) is 0 Å². The van der Waals surface area contributed by atoms with Gasteiger partial charge in [-0.25, -0.2) is 4.79 Å². The van der Waals surface area contributed by atoms with Crippen LogP contribution in [-0.2, 0) is 14.3 Å². The molecular formula is C27H44INO4. The number of fused-ring (bicyclic) bond motifs is 5. The molecule has 4 rings (SSSR count). The molecule has 5 nitrogen and oxygen atoms in total. The normalized spacial score (nSPS) is 37.7. The molecule has 0 aromatic carbocycles. The molecule has 188 valence electrons. The van der Waals surface area contributed by atoms with Crippen molar-refractivity contribution in [2.75, 3.05) is 26.4 Å². The molecule has 3 unspecified atom stereocenters. The minimum absolute atomic E-state index is 0. The van der Waals surface area contributed by atoms with Gasteiger partial charge in [0.05, 0.1) is 19.6 Å². The van der Waals surface area contributed by atoms with E-state index in [2.05, 4.69) is 40.7 Å². The average Bonchev–Trinajstić information content (AvgIpc) is 3.10. The van der Waals surface area contributed by atoms with Crippen molar-refractivity contribution < 1.29 is 47.5 Å². The summed E-state index contributed by atoms with van der Waals surface area (Å²) in [4.78, 5) is 25.1. The number of quaternary nitrogens is 1. The summed E-state index contributed by atoms with van der Waals surface area (Å²) < 4.78 is 12.1. The van der Waals surface area contributed by atoms with Crippen LogP contribution in [0.25, 0.3) is 0 Å². The fourth-order valence-electron chi connectivity index (χ4n) is 7.80. The second-order valence-corrected chi connectivity index (χ2v) is 11.5. The van der Waals surface area contributed by atoms with Crippen LogP contribution in [0.15, 0.2) is 11.6 Å². The predicted molar refractivity (Wildman–Crippen MR) is 125 cm³/mol. The zero-order chi connectivity index (χ0) is 23.1. The quantitative estimate of drug-likeness (QED) is 0.161. The summed E-state index contributed by atoms with van der Waals surface area (Å²) in [7, 11) is 0. The van der Waals surface area contributed by atoms with Gasteiger partial charge >= 0.3 is 6.16 Å². The minimum Gasteiger partial charge on any atom is -1.00 e. The van der Waals surface area contributed by atoms with E-state index in [0.717, 1.165) is 75.5 Å². The molecule has 33 heavy (non-hydrogen) atoms. The maximum absolute atomic E-state index is 12.6. The van der Waals surface area contributed by atoms with Crippen molar-refractivity contribution in [1.82, 2.24) is 0 Å². The maximum atomic E-state index is 12.6. The zero-order valence-electron chi connectivity index (χ0n) is 21.3. The smallest absolute Gasteiger partial charge is 0.512 e. The van der Waals surface area contributed by atoms with Crippen LogP contribution in [0.5, 0.6) is 0 Å².